The van der Waals surface area contributed by atoms with E-state index in [0.29, 0.717) is 38.6 Å². The molecule has 15 rings (SSSR count). The predicted octanol–water partition coefficient (Wildman–Crippen LogP) is 17.1. The van der Waals surface area contributed by atoms with Gasteiger partial charge < -0.3 is 38.5 Å². The van der Waals surface area contributed by atoms with E-state index in [9.17, 15) is 14.4 Å². The number of anilines is 3. The summed E-state index contributed by atoms with van der Waals surface area (Å²) in [6, 6.07) is 41.5. The molecule has 480 valence electrons. The lowest BCUT2D eigenvalue weighted by atomic mass is 9.78. The zero-order chi connectivity index (χ0) is 64.0. The first-order valence-electron chi connectivity index (χ1n) is 33.3. The fraction of sp³-hybridized carbons (Fsp3) is 0.440. The van der Waals surface area contributed by atoms with E-state index in [0.717, 1.165) is 90.6 Å². The molecule has 4 aliphatic carbocycles. The van der Waals surface area contributed by atoms with Crippen LogP contribution in [0.2, 0.25) is 0 Å². The number of rotatable bonds is 10. The van der Waals surface area contributed by atoms with Gasteiger partial charge in [0, 0.05) is 63.6 Å². The highest BCUT2D eigenvalue weighted by molar-refractivity contribution is 7.21. The number of amides is 3. The molecule has 2 saturated heterocycles. The number of nitrogens with two attached hydrogens (primary N) is 4. The minimum Gasteiger partial charge on any atom is -0.397 e. The molecule has 0 unspecified atom stereocenters. The zero-order valence-corrected chi connectivity index (χ0v) is 56.5. The number of pyridine rings is 3. The van der Waals surface area contributed by atoms with Gasteiger partial charge in [-0.15, -0.1) is 34.0 Å². The van der Waals surface area contributed by atoms with E-state index in [4.69, 9.17) is 22.9 Å². The largest absolute Gasteiger partial charge is 0.397 e. The van der Waals surface area contributed by atoms with Crippen molar-refractivity contribution < 1.29 is 14.4 Å². The third-order valence-electron chi connectivity index (χ3n) is 19.4. The van der Waals surface area contributed by atoms with Crippen molar-refractivity contribution in [1.82, 2.24) is 25.6 Å². The number of hydrogen-bond acceptors (Lipinski definition) is 13. The fourth-order valence-corrected chi connectivity index (χ4v) is 16.5. The van der Waals surface area contributed by atoms with E-state index in [2.05, 4.69) is 116 Å². The smallest absolute Gasteiger partial charge is 0.263 e. The van der Waals surface area contributed by atoms with Gasteiger partial charge in [-0.1, -0.05) is 137 Å². The average Bonchev–Trinajstić information content (AvgIpc) is 1.79. The highest BCUT2D eigenvalue weighted by atomic mass is 32.1. The number of hydrogen-bond donors (Lipinski definition) is 6. The number of aromatic nitrogens is 3. The maximum Gasteiger partial charge on any atom is 0.263 e. The van der Waals surface area contributed by atoms with Crippen molar-refractivity contribution in [2.75, 3.05) is 36.0 Å². The highest BCUT2D eigenvalue weighted by Crippen LogP contribution is 2.41. The van der Waals surface area contributed by atoms with Crippen LogP contribution in [0, 0.1) is 27.7 Å². The molecule has 0 bridgehead atoms. The normalized spacial score (nSPS) is 18.7. The summed E-state index contributed by atoms with van der Waals surface area (Å²) in [6.07, 6.45) is 27.8. The van der Waals surface area contributed by atoms with Gasteiger partial charge in [-0.2, -0.15) is 0 Å². The maximum absolute atomic E-state index is 12.7. The van der Waals surface area contributed by atoms with Gasteiger partial charge in [0.2, 0.25) is 0 Å². The molecule has 8 heterocycles. The molecule has 10 N–H and O–H groups in total. The monoisotopic (exact) mass is 1280 g/mol. The minimum atomic E-state index is -0.497. The molecule has 16 heteroatoms. The number of nitrogens with zero attached hydrogens (tertiary/aromatic N) is 4. The standard InChI is InChI=1S/C24H29N5OS.C16H22.C12H16.C10H10N2OS.C9H9N3OS.C4H8/c1-15-3-8-18-20(25)21(31-23(18)28-15)22(30)26-12-9-16-4-6-17(7-5-16)29-14-11-24(2)19(29)10-13-27-24;1-2-5-13(6-3-1)15-9-11-16(12-10-15)14-7-4-8-14;1-3-7-11(8-4-1)12-9-5-2-6-10-12;1-5-3-4-7-6(2)8(9(11)13)14-10(7)12-5;1-4-2-3-5-6(10)7(8(11)13)14-9(5)12-4;1-2-4-3-1/h3-8,19,27H,9-14,25H2,1-2H3,(H,26,30);9-14H,1-8H2;1,3-4,7-8,12H,2,5-6,9-10H2;3-4H,1-2H3,(H2,11,13);2-3H,10H2,1H3,(H2,11,13);1-4H2/t19-,24-;;;;;/m0...../s1. The lowest BCUT2D eigenvalue weighted by Gasteiger charge is -2.30. The van der Waals surface area contributed by atoms with Crippen molar-refractivity contribution in [1.29, 1.82) is 0 Å². The van der Waals surface area contributed by atoms with E-state index in [1.165, 1.54) is 167 Å². The molecule has 6 aliphatic rings. The van der Waals surface area contributed by atoms with E-state index in [-0.39, 0.29) is 17.4 Å². The number of thiophene rings is 3. The van der Waals surface area contributed by atoms with Crippen molar-refractivity contribution in [2.24, 2.45) is 11.5 Å². The first-order valence-corrected chi connectivity index (χ1v) is 35.8. The Kier molecular flexibility index (Phi) is 23.0. The molecule has 4 saturated carbocycles. The van der Waals surface area contributed by atoms with E-state index >= 15 is 0 Å². The van der Waals surface area contributed by atoms with Crippen LogP contribution in [0.25, 0.3) is 30.6 Å². The lowest BCUT2D eigenvalue weighted by molar-refractivity contribution is 0.0956. The molecular formula is C75H94N10O3S3. The quantitative estimate of drug-likeness (QED) is 0.0760. The van der Waals surface area contributed by atoms with Crippen LogP contribution in [0.1, 0.15) is 221 Å². The second-order valence-electron chi connectivity index (χ2n) is 25.9. The molecule has 13 nitrogen and oxygen atoms in total. The second kappa shape index (κ2) is 31.4. The van der Waals surface area contributed by atoms with Crippen LogP contribution in [0.15, 0.2) is 115 Å². The zero-order valence-electron chi connectivity index (χ0n) is 54.1. The number of nitrogen functional groups attached to an aromatic ring is 2. The number of nitrogens with one attached hydrogen (secondary N) is 2. The molecule has 0 radical (unpaired) electrons. The molecule has 91 heavy (non-hydrogen) atoms. The van der Waals surface area contributed by atoms with Gasteiger partial charge in [-0.05, 0) is 193 Å². The number of benzene rings is 3. The van der Waals surface area contributed by atoms with Crippen LogP contribution in [-0.4, -0.2) is 63.9 Å². The molecule has 3 amide bonds. The van der Waals surface area contributed by atoms with Gasteiger partial charge in [-0.3, -0.25) is 14.4 Å². The SMILES string of the molecule is C1CCC1.Cc1ccc2c(C)c(C(N)=O)sc2n1.Cc1ccc2c(N)c(C(=O)NCCc3ccc(N4CC[C@]5(C)NCC[C@H]45)cc3)sc2n1.Cc1ccc2c(N)c(C(N)=O)sc2n1.c1cc(C2CCC2)ccc1C1CCCCC1.c1ccc(C2CCCCC2)cc1. The molecule has 2 atom stereocenters. The summed E-state index contributed by atoms with van der Waals surface area (Å²) in [4.78, 5) is 54.4. The Labute approximate surface area is 550 Å². The highest BCUT2D eigenvalue weighted by Gasteiger charge is 2.46. The first-order chi connectivity index (χ1) is 44.0. The van der Waals surface area contributed by atoms with Crippen LogP contribution in [0.4, 0.5) is 17.1 Å². The van der Waals surface area contributed by atoms with E-state index in [1.807, 2.05) is 64.1 Å². The van der Waals surface area contributed by atoms with Crippen LogP contribution in [-0.2, 0) is 6.42 Å². The Balaban J connectivity index is 0.000000129. The second-order valence-corrected chi connectivity index (χ2v) is 28.9. The summed E-state index contributed by atoms with van der Waals surface area (Å²) in [6.45, 7) is 12.8. The van der Waals surface area contributed by atoms with Crippen molar-refractivity contribution in [3.63, 3.8) is 0 Å². The summed E-state index contributed by atoms with van der Waals surface area (Å²) in [5.41, 5.74) is 34.6. The maximum atomic E-state index is 12.7. The van der Waals surface area contributed by atoms with Crippen molar-refractivity contribution in [3.05, 3.63) is 175 Å². The minimum absolute atomic E-state index is 0.125. The third kappa shape index (κ3) is 16.9. The summed E-state index contributed by atoms with van der Waals surface area (Å²) < 4.78 is 0. The molecule has 6 fully saturated rings. The van der Waals surface area contributed by atoms with Gasteiger partial charge >= 0.3 is 0 Å². The van der Waals surface area contributed by atoms with E-state index in [1.54, 1.807) is 16.7 Å². The van der Waals surface area contributed by atoms with Crippen LogP contribution < -0.4 is 38.5 Å². The summed E-state index contributed by atoms with van der Waals surface area (Å²) in [5.74, 6) is 1.62. The molecule has 6 aromatic heterocycles. The van der Waals surface area contributed by atoms with Crippen molar-refractivity contribution in [2.45, 2.75) is 192 Å². The Morgan fingerprint density at radius 1 is 0.527 bits per heavy atom. The number of fused-ring (bicyclic) bond motifs is 4. The number of carbonyl (C=O) groups is 3. The van der Waals surface area contributed by atoms with Gasteiger partial charge in [0.1, 0.15) is 24.2 Å². The summed E-state index contributed by atoms with van der Waals surface area (Å²) in [7, 11) is 0. The van der Waals surface area contributed by atoms with E-state index < -0.39 is 5.91 Å². The van der Waals surface area contributed by atoms with Gasteiger partial charge in [0.25, 0.3) is 17.7 Å². The Morgan fingerprint density at radius 2 is 0.967 bits per heavy atom. The van der Waals surface area contributed by atoms with Gasteiger partial charge in [0.15, 0.2) is 0 Å². The lowest BCUT2D eigenvalue weighted by Crippen LogP contribution is -2.44. The van der Waals surface area contributed by atoms with Crippen molar-refractivity contribution >= 4 is 99.4 Å². The third-order valence-corrected chi connectivity index (χ3v) is 22.9. The van der Waals surface area contributed by atoms with Crippen LogP contribution in [0.3, 0.4) is 0 Å². The molecule has 3 aromatic carbocycles. The molecular weight excluding hydrogens is 1190 g/mol. The molecule has 2 aliphatic heterocycles. The summed E-state index contributed by atoms with van der Waals surface area (Å²) >= 11 is 3.95. The number of carbonyl (C=O) groups excluding carboxylic acids is 3. The van der Waals surface area contributed by atoms with Crippen molar-refractivity contribution in [3.8, 4) is 0 Å². The van der Waals surface area contributed by atoms with Gasteiger partial charge in [0.05, 0.1) is 16.3 Å². The number of aryl methyl sites for hydroxylation is 4. The Bertz CT molecular complexity index is 3780. The Morgan fingerprint density at radius 3 is 1.45 bits per heavy atom. The molecule has 0 spiro atoms. The topological polar surface area (TPSA) is 221 Å². The fourth-order valence-electron chi connectivity index (χ4n) is 13.3. The first kappa shape index (κ1) is 66.7. The van der Waals surface area contributed by atoms with Gasteiger partial charge in [-0.25, -0.2) is 15.0 Å². The molecule has 9 aromatic rings. The Hall–Kier alpha value is -7.24. The average molecular weight is 1280 g/mol. The summed E-state index contributed by atoms with van der Waals surface area (Å²) in [5, 5.41) is 9.37. The van der Waals surface area contributed by atoms with Crippen LogP contribution in [0.5, 0.6) is 0 Å². The predicted molar refractivity (Wildman–Crippen MR) is 383 cm³/mol. The van der Waals surface area contributed by atoms with Crippen LogP contribution >= 0.6 is 34.0 Å². The number of primary amides is 2.